The maximum absolute atomic E-state index is 12.1. The standard InChI is InChI=1S/C23H32N2O3S/c1-4-5-6-16-29(26,27)24-20-10-12-21(13-11-20)28-23-9-7-8-19-17-25(18(2)3)15-14-22(19)23/h7-13,18,24H,4-6,14-17H2,1-3H3. The fourth-order valence-corrected chi connectivity index (χ4v) is 4.80. The summed E-state index contributed by atoms with van der Waals surface area (Å²) >= 11 is 0. The number of rotatable bonds is 9. The molecule has 0 saturated carbocycles. The highest BCUT2D eigenvalue weighted by atomic mass is 32.2. The van der Waals surface area contributed by atoms with Crippen molar-refractivity contribution in [2.45, 2.75) is 59.0 Å². The molecule has 0 fully saturated rings. The van der Waals surface area contributed by atoms with Gasteiger partial charge < -0.3 is 4.74 Å². The van der Waals surface area contributed by atoms with E-state index in [0.717, 1.165) is 38.1 Å². The molecule has 3 rings (SSSR count). The normalized spacial score (nSPS) is 14.6. The van der Waals surface area contributed by atoms with Crippen LogP contribution in [0.4, 0.5) is 5.69 Å². The van der Waals surface area contributed by atoms with Crippen molar-refractivity contribution in [1.29, 1.82) is 0 Å². The van der Waals surface area contributed by atoms with Crippen LogP contribution in [0.5, 0.6) is 11.5 Å². The molecule has 0 aliphatic carbocycles. The highest BCUT2D eigenvalue weighted by Gasteiger charge is 2.21. The third kappa shape index (κ3) is 5.97. The van der Waals surface area contributed by atoms with E-state index < -0.39 is 10.0 Å². The van der Waals surface area contributed by atoms with Gasteiger partial charge in [-0.2, -0.15) is 0 Å². The molecule has 1 aliphatic rings. The Morgan fingerprint density at radius 2 is 1.86 bits per heavy atom. The van der Waals surface area contributed by atoms with E-state index in [9.17, 15) is 8.42 Å². The van der Waals surface area contributed by atoms with Gasteiger partial charge in [0.1, 0.15) is 11.5 Å². The molecule has 2 aromatic carbocycles. The zero-order chi connectivity index (χ0) is 20.9. The van der Waals surface area contributed by atoms with Crippen LogP contribution in [0.1, 0.15) is 51.2 Å². The fraction of sp³-hybridized carbons (Fsp3) is 0.478. The number of anilines is 1. The second kappa shape index (κ2) is 9.63. The van der Waals surface area contributed by atoms with Crippen molar-refractivity contribution in [3.63, 3.8) is 0 Å². The minimum atomic E-state index is -3.30. The molecular weight excluding hydrogens is 384 g/mol. The summed E-state index contributed by atoms with van der Waals surface area (Å²) in [6.45, 7) is 8.49. The minimum absolute atomic E-state index is 0.155. The smallest absolute Gasteiger partial charge is 0.232 e. The van der Waals surface area contributed by atoms with Crippen molar-refractivity contribution < 1.29 is 13.2 Å². The molecule has 0 radical (unpaired) electrons. The third-order valence-electron chi connectivity index (χ3n) is 5.35. The van der Waals surface area contributed by atoms with E-state index in [0.29, 0.717) is 23.9 Å². The predicted octanol–water partition coefficient (Wildman–Crippen LogP) is 5.18. The van der Waals surface area contributed by atoms with Crippen molar-refractivity contribution in [3.05, 3.63) is 53.6 Å². The summed E-state index contributed by atoms with van der Waals surface area (Å²) in [5, 5.41) is 0. The monoisotopic (exact) mass is 416 g/mol. The molecule has 0 bridgehead atoms. The zero-order valence-electron chi connectivity index (χ0n) is 17.6. The summed E-state index contributed by atoms with van der Waals surface area (Å²) < 4.78 is 33.1. The molecule has 0 aromatic heterocycles. The maximum Gasteiger partial charge on any atom is 0.232 e. The van der Waals surface area contributed by atoms with Gasteiger partial charge >= 0.3 is 0 Å². The minimum Gasteiger partial charge on any atom is -0.457 e. The van der Waals surface area contributed by atoms with Crippen molar-refractivity contribution >= 4 is 15.7 Å². The molecule has 0 amide bonds. The molecule has 0 unspecified atom stereocenters. The van der Waals surface area contributed by atoms with E-state index in [1.54, 1.807) is 12.1 Å². The number of nitrogens with one attached hydrogen (secondary N) is 1. The maximum atomic E-state index is 12.1. The molecule has 1 N–H and O–H groups in total. The lowest BCUT2D eigenvalue weighted by Gasteiger charge is -2.32. The average molecular weight is 417 g/mol. The Kier molecular flexibility index (Phi) is 7.19. The summed E-state index contributed by atoms with van der Waals surface area (Å²) in [5.41, 5.74) is 3.15. The molecular formula is C23H32N2O3S. The number of sulfonamides is 1. The highest BCUT2D eigenvalue weighted by molar-refractivity contribution is 7.92. The lowest BCUT2D eigenvalue weighted by Crippen LogP contribution is -2.35. The first-order chi connectivity index (χ1) is 13.9. The summed E-state index contributed by atoms with van der Waals surface area (Å²) in [4.78, 5) is 2.47. The van der Waals surface area contributed by atoms with Gasteiger partial charge in [0.05, 0.1) is 5.75 Å². The first-order valence-corrected chi connectivity index (χ1v) is 12.2. The van der Waals surface area contributed by atoms with Crippen LogP contribution < -0.4 is 9.46 Å². The number of unbranched alkanes of at least 4 members (excludes halogenated alkanes) is 2. The van der Waals surface area contributed by atoms with E-state index in [4.69, 9.17) is 4.74 Å². The van der Waals surface area contributed by atoms with Gasteiger partial charge in [0.15, 0.2) is 0 Å². The highest BCUT2D eigenvalue weighted by Crippen LogP contribution is 2.32. The van der Waals surface area contributed by atoms with Crippen molar-refractivity contribution in [2.24, 2.45) is 0 Å². The number of ether oxygens (including phenoxy) is 1. The van der Waals surface area contributed by atoms with Crippen molar-refractivity contribution in [3.8, 4) is 11.5 Å². The Morgan fingerprint density at radius 1 is 1.10 bits per heavy atom. The average Bonchev–Trinajstić information content (AvgIpc) is 2.69. The van der Waals surface area contributed by atoms with Crippen LogP contribution in [-0.2, 0) is 23.0 Å². The third-order valence-corrected chi connectivity index (χ3v) is 6.73. The van der Waals surface area contributed by atoms with Crippen LogP contribution in [0.3, 0.4) is 0 Å². The second-order valence-corrected chi connectivity index (χ2v) is 9.80. The summed E-state index contributed by atoms with van der Waals surface area (Å²) in [7, 11) is -3.30. The number of fused-ring (bicyclic) bond motifs is 1. The Hall–Kier alpha value is -2.05. The first-order valence-electron chi connectivity index (χ1n) is 10.5. The quantitative estimate of drug-likeness (QED) is 0.573. The Labute approximate surface area is 175 Å². The first kappa shape index (κ1) is 21.7. The number of hydrogen-bond acceptors (Lipinski definition) is 4. The van der Waals surface area contributed by atoms with Crippen LogP contribution in [-0.4, -0.2) is 31.7 Å². The number of nitrogens with zero attached hydrogens (tertiary/aromatic N) is 1. The van der Waals surface area contributed by atoms with Crippen LogP contribution in [0, 0.1) is 0 Å². The lowest BCUT2D eigenvalue weighted by atomic mass is 9.98. The Morgan fingerprint density at radius 3 is 2.55 bits per heavy atom. The second-order valence-electron chi connectivity index (χ2n) is 7.96. The van der Waals surface area contributed by atoms with E-state index in [1.807, 2.05) is 24.3 Å². The molecule has 6 heteroatoms. The Balaban J connectivity index is 1.66. The SMILES string of the molecule is CCCCCS(=O)(=O)Nc1ccc(Oc2cccc3c2CCN(C(C)C)C3)cc1. The van der Waals surface area contributed by atoms with Crippen LogP contribution >= 0.6 is 0 Å². The van der Waals surface area contributed by atoms with Gasteiger partial charge in [-0.1, -0.05) is 31.9 Å². The van der Waals surface area contributed by atoms with Gasteiger partial charge in [0, 0.05) is 30.4 Å². The van der Waals surface area contributed by atoms with Crippen LogP contribution in [0.25, 0.3) is 0 Å². The van der Waals surface area contributed by atoms with Crippen molar-refractivity contribution in [1.82, 2.24) is 4.90 Å². The molecule has 0 atom stereocenters. The summed E-state index contributed by atoms with van der Waals surface area (Å²) in [5.74, 6) is 1.75. The van der Waals surface area contributed by atoms with Crippen LogP contribution in [0.2, 0.25) is 0 Å². The Bertz CT molecular complexity index is 908. The lowest BCUT2D eigenvalue weighted by molar-refractivity contribution is 0.202. The number of hydrogen-bond donors (Lipinski definition) is 1. The van der Waals surface area contributed by atoms with E-state index >= 15 is 0 Å². The zero-order valence-corrected chi connectivity index (χ0v) is 18.5. The molecule has 29 heavy (non-hydrogen) atoms. The molecule has 0 spiro atoms. The summed E-state index contributed by atoms with van der Waals surface area (Å²) in [6.07, 6.45) is 3.57. The van der Waals surface area contributed by atoms with E-state index in [-0.39, 0.29) is 5.75 Å². The topological polar surface area (TPSA) is 58.6 Å². The molecule has 0 saturated heterocycles. The van der Waals surface area contributed by atoms with Gasteiger partial charge in [-0.25, -0.2) is 8.42 Å². The van der Waals surface area contributed by atoms with Gasteiger partial charge in [0.25, 0.3) is 0 Å². The predicted molar refractivity (Wildman–Crippen MR) is 119 cm³/mol. The molecule has 158 valence electrons. The van der Waals surface area contributed by atoms with Crippen molar-refractivity contribution in [2.75, 3.05) is 17.0 Å². The van der Waals surface area contributed by atoms with E-state index in [2.05, 4.69) is 36.5 Å². The van der Waals surface area contributed by atoms with Crippen LogP contribution in [0.15, 0.2) is 42.5 Å². The largest absolute Gasteiger partial charge is 0.457 e. The van der Waals surface area contributed by atoms with Gasteiger partial charge in [-0.15, -0.1) is 0 Å². The van der Waals surface area contributed by atoms with E-state index in [1.165, 1.54) is 11.1 Å². The van der Waals surface area contributed by atoms with Gasteiger partial charge in [0.2, 0.25) is 10.0 Å². The summed E-state index contributed by atoms with van der Waals surface area (Å²) in [6, 6.07) is 13.9. The van der Waals surface area contributed by atoms with Gasteiger partial charge in [-0.3, -0.25) is 9.62 Å². The van der Waals surface area contributed by atoms with Gasteiger partial charge in [-0.05, 0) is 62.6 Å². The molecule has 1 heterocycles. The molecule has 5 nitrogen and oxygen atoms in total. The molecule has 2 aromatic rings. The molecule has 1 aliphatic heterocycles. The fourth-order valence-electron chi connectivity index (χ4n) is 3.62. The number of benzene rings is 2.